The van der Waals surface area contributed by atoms with Crippen LogP contribution in [0, 0.1) is 5.92 Å². The van der Waals surface area contributed by atoms with E-state index in [0.717, 1.165) is 12.5 Å². The quantitative estimate of drug-likeness (QED) is 0.480. The lowest BCUT2D eigenvalue weighted by molar-refractivity contribution is 0.294. The smallest absolute Gasteiger partial charge is 0.186 e. The van der Waals surface area contributed by atoms with Gasteiger partial charge in [0.05, 0.1) is 0 Å². The summed E-state index contributed by atoms with van der Waals surface area (Å²) in [5, 5.41) is 2.17. The second-order valence-electron chi connectivity index (χ2n) is 5.55. The third-order valence-electron chi connectivity index (χ3n) is 2.96. The molecule has 1 heterocycles. The van der Waals surface area contributed by atoms with Crippen molar-refractivity contribution in [1.29, 1.82) is 0 Å². The molecule has 1 aromatic heterocycles. The number of hydrogen-bond donors (Lipinski definition) is 0. The van der Waals surface area contributed by atoms with Crippen molar-refractivity contribution in [3.05, 3.63) is 22.4 Å². The molecule has 1 nitrogen and oxygen atoms in total. The first kappa shape index (κ1) is 14.9. The van der Waals surface area contributed by atoms with Crippen LogP contribution < -0.4 is 0 Å². The van der Waals surface area contributed by atoms with Gasteiger partial charge in [-0.3, -0.25) is 0 Å². The van der Waals surface area contributed by atoms with E-state index in [1.54, 1.807) is 0 Å². The van der Waals surface area contributed by atoms with Crippen LogP contribution in [0.2, 0.25) is 19.1 Å². The van der Waals surface area contributed by atoms with Crippen molar-refractivity contribution in [2.24, 2.45) is 5.92 Å². The number of hydrogen-bond acceptors (Lipinski definition) is 2. The second-order valence-corrected chi connectivity index (χ2v) is 10.8. The van der Waals surface area contributed by atoms with Crippen LogP contribution in [-0.2, 0) is 10.8 Å². The SMILES string of the molecule is CCCCO[Si](C)(C)CC(C)Cc1cccs1. The normalized spacial score (nSPS) is 13.9. The van der Waals surface area contributed by atoms with Gasteiger partial charge < -0.3 is 4.43 Å². The molecule has 0 N–H and O–H groups in total. The maximum atomic E-state index is 6.10. The minimum atomic E-state index is -1.43. The average Bonchev–Trinajstić information content (AvgIpc) is 2.69. The molecule has 1 unspecified atom stereocenters. The standard InChI is InChI=1S/C14H26OSSi/c1-5-6-9-15-17(3,4)12-13(2)11-14-8-7-10-16-14/h7-8,10,13H,5-6,9,11-12H2,1-4H3. The van der Waals surface area contributed by atoms with Crippen LogP contribution in [0.1, 0.15) is 31.6 Å². The van der Waals surface area contributed by atoms with E-state index in [1.165, 1.54) is 30.2 Å². The highest BCUT2D eigenvalue weighted by Gasteiger charge is 2.25. The van der Waals surface area contributed by atoms with Gasteiger partial charge in [0.15, 0.2) is 8.32 Å². The zero-order valence-electron chi connectivity index (χ0n) is 11.7. The fraction of sp³-hybridized carbons (Fsp3) is 0.714. The van der Waals surface area contributed by atoms with Gasteiger partial charge in [-0.25, -0.2) is 0 Å². The third-order valence-corrected chi connectivity index (χ3v) is 6.52. The summed E-state index contributed by atoms with van der Waals surface area (Å²) in [5.41, 5.74) is 0. The van der Waals surface area contributed by atoms with Gasteiger partial charge >= 0.3 is 0 Å². The van der Waals surface area contributed by atoms with Crippen molar-refractivity contribution in [2.75, 3.05) is 6.61 Å². The predicted molar refractivity (Wildman–Crippen MR) is 80.3 cm³/mol. The number of rotatable bonds is 8. The van der Waals surface area contributed by atoms with E-state index in [-0.39, 0.29) is 0 Å². The summed E-state index contributed by atoms with van der Waals surface area (Å²) in [6.45, 7) is 10.2. The molecule has 0 aliphatic heterocycles. The van der Waals surface area contributed by atoms with Crippen molar-refractivity contribution in [3.63, 3.8) is 0 Å². The van der Waals surface area contributed by atoms with Gasteiger partial charge in [-0.1, -0.05) is 26.3 Å². The largest absolute Gasteiger partial charge is 0.417 e. The molecular formula is C14H26OSSi. The van der Waals surface area contributed by atoms with E-state index in [1.807, 2.05) is 11.3 Å². The highest BCUT2D eigenvalue weighted by Crippen LogP contribution is 2.23. The number of unbranched alkanes of at least 4 members (excludes halogenated alkanes) is 1. The fourth-order valence-electron chi connectivity index (χ4n) is 2.24. The Morgan fingerprint density at radius 1 is 1.41 bits per heavy atom. The summed E-state index contributed by atoms with van der Waals surface area (Å²) in [6, 6.07) is 5.66. The average molecular weight is 271 g/mol. The zero-order chi connectivity index (χ0) is 12.7. The van der Waals surface area contributed by atoms with Crippen molar-refractivity contribution in [1.82, 2.24) is 0 Å². The minimum Gasteiger partial charge on any atom is -0.417 e. The number of thiophene rings is 1. The molecule has 3 heteroatoms. The molecule has 0 spiro atoms. The maximum absolute atomic E-state index is 6.10. The van der Waals surface area contributed by atoms with E-state index in [0.29, 0.717) is 0 Å². The van der Waals surface area contributed by atoms with Gasteiger partial charge in [0.1, 0.15) is 0 Å². The van der Waals surface area contributed by atoms with E-state index in [2.05, 4.69) is 44.5 Å². The van der Waals surface area contributed by atoms with E-state index in [9.17, 15) is 0 Å². The fourth-order valence-corrected chi connectivity index (χ4v) is 5.74. The molecule has 0 saturated carbocycles. The first-order valence-electron chi connectivity index (χ1n) is 6.70. The molecule has 1 atom stereocenters. The Morgan fingerprint density at radius 3 is 2.76 bits per heavy atom. The molecule has 0 bridgehead atoms. The Labute approximate surface area is 111 Å². The summed E-state index contributed by atoms with van der Waals surface area (Å²) >= 11 is 1.87. The monoisotopic (exact) mass is 270 g/mol. The van der Waals surface area contributed by atoms with Crippen molar-refractivity contribution >= 4 is 19.7 Å². The van der Waals surface area contributed by atoms with Gasteiger partial charge in [0, 0.05) is 11.5 Å². The van der Waals surface area contributed by atoms with E-state index in [4.69, 9.17) is 4.43 Å². The molecule has 1 rings (SSSR count). The zero-order valence-corrected chi connectivity index (χ0v) is 13.5. The van der Waals surface area contributed by atoms with Crippen molar-refractivity contribution in [3.8, 4) is 0 Å². The lowest BCUT2D eigenvalue weighted by Crippen LogP contribution is -2.33. The van der Waals surface area contributed by atoms with Gasteiger partial charge in [0.25, 0.3) is 0 Å². The molecule has 1 aromatic rings. The summed E-state index contributed by atoms with van der Waals surface area (Å²) in [4.78, 5) is 1.51. The summed E-state index contributed by atoms with van der Waals surface area (Å²) in [5.74, 6) is 0.747. The summed E-state index contributed by atoms with van der Waals surface area (Å²) in [7, 11) is -1.43. The lowest BCUT2D eigenvalue weighted by Gasteiger charge is -2.26. The molecule has 0 aliphatic carbocycles. The predicted octanol–water partition coefficient (Wildman–Crippen LogP) is 4.95. The van der Waals surface area contributed by atoms with Crippen LogP contribution in [0.3, 0.4) is 0 Å². The highest BCUT2D eigenvalue weighted by atomic mass is 32.1. The molecular weight excluding hydrogens is 244 g/mol. The Hall–Kier alpha value is -0.123. The van der Waals surface area contributed by atoms with E-state index >= 15 is 0 Å². The van der Waals surface area contributed by atoms with E-state index < -0.39 is 8.32 Å². The maximum Gasteiger partial charge on any atom is 0.186 e. The first-order chi connectivity index (χ1) is 8.03. The Bertz CT molecular complexity index is 295. The molecule has 0 amide bonds. The van der Waals surface area contributed by atoms with Crippen molar-refractivity contribution < 1.29 is 4.43 Å². The van der Waals surface area contributed by atoms with Gasteiger partial charge in [-0.15, -0.1) is 11.3 Å². The molecule has 0 aliphatic rings. The van der Waals surface area contributed by atoms with Crippen molar-refractivity contribution in [2.45, 2.75) is 52.2 Å². The molecule has 17 heavy (non-hydrogen) atoms. The van der Waals surface area contributed by atoms with Gasteiger partial charge in [-0.05, 0) is 49.3 Å². The summed E-state index contributed by atoms with van der Waals surface area (Å²) in [6.07, 6.45) is 3.65. The highest BCUT2D eigenvalue weighted by molar-refractivity contribution is 7.09. The van der Waals surface area contributed by atoms with Crippen LogP contribution >= 0.6 is 11.3 Å². The second kappa shape index (κ2) is 7.34. The molecule has 98 valence electrons. The van der Waals surface area contributed by atoms with Crippen LogP contribution in [0.25, 0.3) is 0 Å². The van der Waals surface area contributed by atoms with Crippen LogP contribution in [0.4, 0.5) is 0 Å². The topological polar surface area (TPSA) is 9.23 Å². The van der Waals surface area contributed by atoms with Crippen LogP contribution in [0.5, 0.6) is 0 Å². The Kier molecular flexibility index (Phi) is 6.45. The van der Waals surface area contributed by atoms with Crippen LogP contribution in [0.15, 0.2) is 17.5 Å². The molecule has 0 saturated heterocycles. The Balaban J connectivity index is 2.30. The molecule has 0 fully saturated rings. The van der Waals surface area contributed by atoms with Gasteiger partial charge in [0.2, 0.25) is 0 Å². The molecule has 0 radical (unpaired) electrons. The first-order valence-corrected chi connectivity index (χ1v) is 10.7. The van der Waals surface area contributed by atoms with Gasteiger partial charge in [-0.2, -0.15) is 0 Å². The third kappa shape index (κ3) is 6.39. The Morgan fingerprint density at radius 2 is 2.18 bits per heavy atom. The van der Waals surface area contributed by atoms with Crippen LogP contribution in [-0.4, -0.2) is 14.9 Å². The molecule has 0 aromatic carbocycles. The minimum absolute atomic E-state index is 0.747. The summed E-state index contributed by atoms with van der Waals surface area (Å²) < 4.78 is 6.10. The lowest BCUT2D eigenvalue weighted by atomic mass is 10.1.